The first-order chi connectivity index (χ1) is 12.7. The quantitative estimate of drug-likeness (QED) is 0.717. The van der Waals surface area contributed by atoms with Crippen LogP contribution in [0.1, 0.15) is 55.9 Å². The van der Waals surface area contributed by atoms with Crippen LogP contribution in [-0.4, -0.2) is 54.6 Å². The molecule has 5 heteroatoms. The molecule has 1 amide bonds. The Morgan fingerprint density at radius 2 is 2.00 bits per heavy atom. The topological polar surface area (TPSA) is 32.8 Å². The van der Waals surface area contributed by atoms with Crippen LogP contribution in [0.25, 0.3) is 0 Å². The van der Waals surface area contributed by atoms with Crippen LogP contribution < -0.4 is 0 Å². The molecule has 26 heavy (non-hydrogen) atoms. The van der Waals surface area contributed by atoms with Crippen LogP contribution >= 0.6 is 11.3 Å². The highest BCUT2D eigenvalue weighted by molar-refractivity contribution is 7.10. The van der Waals surface area contributed by atoms with Gasteiger partial charge in [-0.15, -0.1) is 11.3 Å². The average molecular weight is 379 g/mol. The summed E-state index contributed by atoms with van der Waals surface area (Å²) in [5.74, 6) is 0.598. The standard InChI is InChI=1S/C21H34N2O2S/c1-3-4-10-23(16-20-17(2)9-15-26-20)21(24)18-5-11-22(12-6-18)19-7-13-25-14-8-19/h9,15,18-19H,3-8,10-14,16H2,1-2H3. The number of aryl methyl sites for hydroxylation is 1. The number of carbonyl (C=O) groups excluding carboxylic acids is 1. The van der Waals surface area contributed by atoms with E-state index in [1.54, 1.807) is 11.3 Å². The second-order valence-corrected chi connectivity index (χ2v) is 8.79. The number of piperidine rings is 1. The van der Waals surface area contributed by atoms with Crippen LogP contribution in [0.3, 0.4) is 0 Å². The fraction of sp³-hybridized carbons (Fsp3) is 0.762. The zero-order valence-corrected chi connectivity index (χ0v) is 17.2. The molecule has 3 rings (SSSR count). The van der Waals surface area contributed by atoms with Gasteiger partial charge in [0.1, 0.15) is 0 Å². The molecule has 0 aromatic carbocycles. The lowest BCUT2D eigenvalue weighted by Crippen LogP contribution is -2.47. The molecule has 0 saturated carbocycles. The minimum absolute atomic E-state index is 0.211. The van der Waals surface area contributed by atoms with E-state index in [4.69, 9.17) is 4.74 Å². The highest BCUT2D eigenvalue weighted by atomic mass is 32.1. The molecule has 3 heterocycles. The Morgan fingerprint density at radius 1 is 1.27 bits per heavy atom. The van der Waals surface area contributed by atoms with E-state index in [2.05, 4.69) is 35.1 Å². The third kappa shape index (κ3) is 5.08. The predicted molar refractivity (Wildman–Crippen MR) is 108 cm³/mol. The van der Waals surface area contributed by atoms with Gasteiger partial charge in [-0.3, -0.25) is 4.79 Å². The molecule has 0 radical (unpaired) electrons. The molecule has 1 aromatic heterocycles. The molecule has 2 saturated heterocycles. The number of amides is 1. The molecule has 4 nitrogen and oxygen atoms in total. The smallest absolute Gasteiger partial charge is 0.226 e. The number of ether oxygens (including phenoxy) is 1. The summed E-state index contributed by atoms with van der Waals surface area (Å²) in [6, 6.07) is 2.83. The van der Waals surface area contributed by atoms with E-state index in [1.807, 2.05) is 0 Å². The van der Waals surface area contributed by atoms with Gasteiger partial charge in [0.05, 0.1) is 6.54 Å². The molecule has 0 atom stereocenters. The summed E-state index contributed by atoms with van der Waals surface area (Å²) in [5, 5.41) is 2.14. The van der Waals surface area contributed by atoms with Gasteiger partial charge < -0.3 is 14.5 Å². The largest absolute Gasteiger partial charge is 0.381 e. The number of nitrogens with zero attached hydrogens (tertiary/aromatic N) is 2. The van der Waals surface area contributed by atoms with E-state index in [9.17, 15) is 4.79 Å². The third-order valence-electron chi connectivity index (χ3n) is 5.98. The lowest BCUT2D eigenvalue weighted by atomic mass is 9.92. The van der Waals surface area contributed by atoms with Gasteiger partial charge >= 0.3 is 0 Å². The molecule has 146 valence electrons. The fourth-order valence-corrected chi connectivity index (χ4v) is 5.10. The first-order valence-electron chi connectivity index (χ1n) is 10.3. The first kappa shape index (κ1) is 19.8. The van der Waals surface area contributed by atoms with Gasteiger partial charge in [-0.2, -0.15) is 0 Å². The molecule has 0 aliphatic carbocycles. The fourth-order valence-electron chi connectivity index (χ4n) is 4.18. The van der Waals surface area contributed by atoms with Gasteiger partial charge in [0.2, 0.25) is 5.91 Å². The van der Waals surface area contributed by atoms with Crippen molar-refractivity contribution in [1.82, 2.24) is 9.80 Å². The molecular weight excluding hydrogens is 344 g/mol. The summed E-state index contributed by atoms with van der Waals surface area (Å²) in [4.78, 5) is 19.3. The minimum Gasteiger partial charge on any atom is -0.381 e. The van der Waals surface area contributed by atoms with Crippen LogP contribution in [0.5, 0.6) is 0 Å². The Hall–Kier alpha value is -0.910. The van der Waals surface area contributed by atoms with Crippen molar-refractivity contribution in [3.8, 4) is 0 Å². The van der Waals surface area contributed by atoms with Crippen LogP contribution in [0.4, 0.5) is 0 Å². The number of unbranched alkanes of at least 4 members (excludes halogenated alkanes) is 1. The van der Waals surface area contributed by atoms with Crippen molar-refractivity contribution in [1.29, 1.82) is 0 Å². The molecule has 1 aromatic rings. The van der Waals surface area contributed by atoms with E-state index in [-0.39, 0.29) is 5.92 Å². The highest BCUT2D eigenvalue weighted by Gasteiger charge is 2.31. The summed E-state index contributed by atoms with van der Waals surface area (Å²) in [6.45, 7) is 9.98. The monoisotopic (exact) mass is 378 g/mol. The molecule has 0 unspecified atom stereocenters. The van der Waals surface area contributed by atoms with Crippen molar-refractivity contribution < 1.29 is 9.53 Å². The van der Waals surface area contributed by atoms with Crippen molar-refractivity contribution in [3.63, 3.8) is 0 Å². The minimum atomic E-state index is 0.211. The first-order valence-corrected chi connectivity index (χ1v) is 11.2. The van der Waals surface area contributed by atoms with E-state index >= 15 is 0 Å². The van der Waals surface area contributed by atoms with Gasteiger partial charge in [0.15, 0.2) is 0 Å². The molecule has 2 aliphatic heterocycles. The Balaban J connectivity index is 1.55. The number of hydrogen-bond donors (Lipinski definition) is 0. The summed E-state index contributed by atoms with van der Waals surface area (Å²) in [5.41, 5.74) is 1.32. The molecule has 2 aliphatic rings. The zero-order chi connectivity index (χ0) is 18.4. The number of carbonyl (C=O) groups is 1. The SMILES string of the molecule is CCCCN(Cc1sccc1C)C(=O)C1CCN(C2CCOCC2)CC1. The number of thiophene rings is 1. The van der Waals surface area contributed by atoms with Gasteiger partial charge in [0, 0.05) is 36.6 Å². The van der Waals surface area contributed by atoms with Crippen LogP contribution in [0.2, 0.25) is 0 Å². The van der Waals surface area contributed by atoms with Gasteiger partial charge in [-0.05, 0) is 69.1 Å². The van der Waals surface area contributed by atoms with Crippen LogP contribution in [0, 0.1) is 12.8 Å². The second kappa shape index (κ2) is 9.86. The van der Waals surface area contributed by atoms with E-state index in [0.717, 1.165) is 77.9 Å². The van der Waals surface area contributed by atoms with E-state index < -0.39 is 0 Å². The average Bonchev–Trinajstić information content (AvgIpc) is 3.10. The van der Waals surface area contributed by atoms with Crippen molar-refractivity contribution in [2.24, 2.45) is 5.92 Å². The summed E-state index contributed by atoms with van der Waals surface area (Å²) >= 11 is 1.78. The van der Waals surface area contributed by atoms with E-state index in [0.29, 0.717) is 11.9 Å². The Bertz CT molecular complexity index is 560. The lowest BCUT2D eigenvalue weighted by Gasteiger charge is -2.39. The van der Waals surface area contributed by atoms with Crippen molar-refractivity contribution in [3.05, 3.63) is 21.9 Å². The van der Waals surface area contributed by atoms with Crippen LogP contribution in [-0.2, 0) is 16.1 Å². The van der Waals surface area contributed by atoms with Crippen molar-refractivity contribution >= 4 is 17.2 Å². The molecule has 2 fully saturated rings. The number of likely N-dealkylation sites (tertiary alicyclic amines) is 1. The predicted octanol–water partition coefficient (Wildman–Crippen LogP) is 4.08. The zero-order valence-electron chi connectivity index (χ0n) is 16.4. The van der Waals surface area contributed by atoms with Gasteiger partial charge in [-0.1, -0.05) is 13.3 Å². The Labute approximate surface area is 162 Å². The van der Waals surface area contributed by atoms with Crippen LogP contribution in [0.15, 0.2) is 11.4 Å². The molecular formula is C21H34N2O2S. The number of rotatable bonds is 7. The number of hydrogen-bond acceptors (Lipinski definition) is 4. The summed E-state index contributed by atoms with van der Waals surface area (Å²) in [7, 11) is 0. The second-order valence-electron chi connectivity index (χ2n) is 7.79. The van der Waals surface area contributed by atoms with Gasteiger partial charge in [-0.25, -0.2) is 0 Å². The van der Waals surface area contributed by atoms with Crippen molar-refractivity contribution in [2.75, 3.05) is 32.8 Å². The van der Waals surface area contributed by atoms with Crippen molar-refractivity contribution in [2.45, 2.75) is 65.0 Å². The Kier molecular flexibility index (Phi) is 7.52. The molecule has 0 spiro atoms. The lowest BCUT2D eigenvalue weighted by molar-refractivity contribution is -0.138. The highest BCUT2D eigenvalue weighted by Crippen LogP contribution is 2.26. The molecule has 0 N–H and O–H groups in total. The molecule has 0 bridgehead atoms. The van der Waals surface area contributed by atoms with Gasteiger partial charge in [0.25, 0.3) is 0 Å². The third-order valence-corrected chi connectivity index (χ3v) is 6.99. The van der Waals surface area contributed by atoms with E-state index in [1.165, 1.54) is 10.4 Å². The summed E-state index contributed by atoms with van der Waals surface area (Å²) < 4.78 is 5.49. The maximum Gasteiger partial charge on any atom is 0.226 e. The Morgan fingerprint density at radius 3 is 2.62 bits per heavy atom. The summed E-state index contributed by atoms with van der Waals surface area (Å²) in [6.07, 6.45) is 6.56. The maximum atomic E-state index is 13.2. The maximum absolute atomic E-state index is 13.2. The normalized spacial score (nSPS) is 20.4.